The van der Waals surface area contributed by atoms with Gasteiger partial charge in [0, 0.05) is 13.0 Å². The van der Waals surface area contributed by atoms with Crippen LogP contribution < -0.4 is 5.73 Å². The molecule has 0 saturated carbocycles. The summed E-state index contributed by atoms with van der Waals surface area (Å²) in [7, 11) is 0. The van der Waals surface area contributed by atoms with Crippen molar-refractivity contribution in [3.05, 3.63) is 11.3 Å². The van der Waals surface area contributed by atoms with Gasteiger partial charge in [-0.15, -0.1) is 0 Å². The first-order valence-corrected chi connectivity index (χ1v) is 4.19. The predicted octanol–water partition coefficient (Wildman–Crippen LogP) is -0.260. The third-order valence-electron chi connectivity index (χ3n) is 1.46. The van der Waals surface area contributed by atoms with Gasteiger partial charge < -0.3 is 10.8 Å². The van der Waals surface area contributed by atoms with E-state index in [4.69, 9.17) is 10.8 Å². The molecular weight excluding hydrogens is 178 g/mol. The number of hydrogen-bond acceptors (Lipinski definition) is 5. The Bertz CT molecular complexity index is 249. The summed E-state index contributed by atoms with van der Waals surface area (Å²) >= 11 is 1.20. The number of nitrogens with two attached hydrogens (primary N) is 1. The molecule has 5 nitrogen and oxygen atoms in total. The molecule has 0 radical (unpaired) electrons. The molecular formula is C6H9N3O2S. The molecule has 0 spiro atoms. The highest BCUT2D eigenvalue weighted by atomic mass is 32.1. The summed E-state index contributed by atoms with van der Waals surface area (Å²) in [4.78, 5) is 14.4. The van der Waals surface area contributed by atoms with E-state index in [-0.39, 0.29) is 6.54 Å². The Kier molecular flexibility index (Phi) is 3.12. The molecule has 0 fully saturated rings. The summed E-state index contributed by atoms with van der Waals surface area (Å²) in [5.74, 6) is -1.43. The van der Waals surface area contributed by atoms with Crippen LogP contribution in [0.25, 0.3) is 0 Å². The summed E-state index contributed by atoms with van der Waals surface area (Å²) in [6.45, 7) is 0.134. The SMILES string of the molecule is NCC(Cc1ncns1)C(=O)O. The van der Waals surface area contributed by atoms with Crippen LogP contribution in [0.2, 0.25) is 0 Å². The average Bonchev–Trinajstić information content (AvgIpc) is 2.51. The van der Waals surface area contributed by atoms with E-state index in [9.17, 15) is 4.79 Å². The van der Waals surface area contributed by atoms with E-state index in [0.717, 1.165) is 0 Å². The summed E-state index contributed by atoms with van der Waals surface area (Å²) in [5.41, 5.74) is 5.27. The number of carbonyl (C=O) groups is 1. The highest BCUT2D eigenvalue weighted by Gasteiger charge is 2.17. The number of aromatic nitrogens is 2. The third kappa shape index (κ3) is 2.24. The zero-order chi connectivity index (χ0) is 8.97. The van der Waals surface area contributed by atoms with Gasteiger partial charge in [-0.25, -0.2) is 4.98 Å². The smallest absolute Gasteiger partial charge is 0.308 e. The Balaban J connectivity index is 2.54. The zero-order valence-electron chi connectivity index (χ0n) is 6.30. The molecule has 0 saturated heterocycles. The molecule has 0 amide bonds. The van der Waals surface area contributed by atoms with Crippen molar-refractivity contribution in [1.29, 1.82) is 0 Å². The van der Waals surface area contributed by atoms with Gasteiger partial charge in [0.1, 0.15) is 11.3 Å². The average molecular weight is 187 g/mol. The van der Waals surface area contributed by atoms with Gasteiger partial charge in [0.05, 0.1) is 5.92 Å². The standard InChI is InChI=1S/C6H9N3O2S/c7-2-4(6(10)11)1-5-8-3-9-12-5/h3-4H,1-2,7H2,(H,10,11). The van der Waals surface area contributed by atoms with Crippen LogP contribution in [0, 0.1) is 5.92 Å². The van der Waals surface area contributed by atoms with E-state index in [1.165, 1.54) is 17.9 Å². The largest absolute Gasteiger partial charge is 0.481 e. The van der Waals surface area contributed by atoms with Crippen LogP contribution >= 0.6 is 11.5 Å². The lowest BCUT2D eigenvalue weighted by Crippen LogP contribution is -2.25. The summed E-state index contributed by atoms with van der Waals surface area (Å²) in [5, 5.41) is 9.36. The fraction of sp³-hybridized carbons (Fsp3) is 0.500. The van der Waals surface area contributed by atoms with Crippen molar-refractivity contribution < 1.29 is 9.90 Å². The molecule has 1 rings (SSSR count). The Labute approximate surface area is 73.4 Å². The molecule has 1 aromatic rings. The predicted molar refractivity (Wildman–Crippen MR) is 43.8 cm³/mol. The van der Waals surface area contributed by atoms with E-state index in [1.54, 1.807) is 0 Å². The van der Waals surface area contributed by atoms with E-state index in [2.05, 4.69) is 9.36 Å². The van der Waals surface area contributed by atoms with Crippen molar-refractivity contribution in [3.8, 4) is 0 Å². The summed E-state index contributed by atoms with van der Waals surface area (Å²) in [6, 6.07) is 0. The number of rotatable bonds is 4. The molecule has 3 N–H and O–H groups in total. The van der Waals surface area contributed by atoms with E-state index < -0.39 is 11.9 Å². The Morgan fingerprint density at radius 3 is 3.00 bits per heavy atom. The van der Waals surface area contributed by atoms with Gasteiger partial charge in [-0.1, -0.05) is 0 Å². The molecule has 0 aliphatic carbocycles. The molecule has 66 valence electrons. The van der Waals surface area contributed by atoms with Crippen molar-refractivity contribution in [2.75, 3.05) is 6.54 Å². The monoisotopic (exact) mass is 187 g/mol. The molecule has 12 heavy (non-hydrogen) atoms. The summed E-state index contributed by atoms with van der Waals surface area (Å²) < 4.78 is 3.77. The molecule has 1 unspecified atom stereocenters. The maximum absolute atomic E-state index is 10.5. The Morgan fingerprint density at radius 1 is 1.83 bits per heavy atom. The van der Waals surface area contributed by atoms with Crippen LogP contribution in [0.3, 0.4) is 0 Å². The number of carboxylic acids is 1. The molecule has 0 aliphatic heterocycles. The first-order chi connectivity index (χ1) is 5.74. The van der Waals surface area contributed by atoms with Crippen LogP contribution in [-0.4, -0.2) is 27.0 Å². The van der Waals surface area contributed by atoms with E-state index in [0.29, 0.717) is 11.4 Å². The van der Waals surface area contributed by atoms with Crippen LogP contribution in [0.4, 0.5) is 0 Å². The van der Waals surface area contributed by atoms with Gasteiger partial charge >= 0.3 is 5.97 Å². The number of hydrogen-bond donors (Lipinski definition) is 2. The maximum atomic E-state index is 10.5. The van der Waals surface area contributed by atoms with Gasteiger partial charge in [-0.3, -0.25) is 4.79 Å². The lowest BCUT2D eigenvalue weighted by Gasteiger charge is -2.05. The molecule has 6 heteroatoms. The molecule has 1 atom stereocenters. The van der Waals surface area contributed by atoms with Gasteiger partial charge in [-0.05, 0) is 11.5 Å². The second-order valence-electron chi connectivity index (χ2n) is 2.31. The fourth-order valence-electron chi connectivity index (χ4n) is 0.768. The number of aliphatic carboxylic acids is 1. The highest BCUT2D eigenvalue weighted by Crippen LogP contribution is 2.08. The zero-order valence-corrected chi connectivity index (χ0v) is 7.12. The van der Waals surface area contributed by atoms with Crippen molar-refractivity contribution in [1.82, 2.24) is 9.36 Å². The quantitative estimate of drug-likeness (QED) is 0.677. The highest BCUT2D eigenvalue weighted by molar-refractivity contribution is 7.05. The topological polar surface area (TPSA) is 89.1 Å². The molecule has 0 aromatic carbocycles. The minimum absolute atomic E-state index is 0.134. The van der Waals surface area contributed by atoms with Gasteiger partial charge in [0.25, 0.3) is 0 Å². The maximum Gasteiger partial charge on any atom is 0.308 e. The first-order valence-electron chi connectivity index (χ1n) is 3.42. The minimum atomic E-state index is -0.882. The summed E-state index contributed by atoms with van der Waals surface area (Å²) in [6.07, 6.45) is 1.78. The Hall–Kier alpha value is -1.01. The molecule has 0 aliphatic rings. The van der Waals surface area contributed by atoms with Gasteiger partial charge in [0.15, 0.2) is 0 Å². The van der Waals surface area contributed by atoms with E-state index >= 15 is 0 Å². The fourth-order valence-corrected chi connectivity index (χ4v) is 1.35. The lowest BCUT2D eigenvalue weighted by atomic mass is 10.1. The third-order valence-corrected chi connectivity index (χ3v) is 2.14. The lowest BCUT2D eigenvalue weighted by molar-refractivity contribution is -0.141. The Morgan fingerprint density at radius 2 is 2.58 bits per heavy atom. The van der Waals surface area contributed by atoms with Crippen molar-refractivity contribution in [2.24, 2.45) is 11.7 Å². The van der Waals surface area contributed by atoms with Crippen LogP contribution in [-0.2, 0) is 11.2 Å². The molecule has 1 heterocycles. The number of nitrogens with zero attached hydrogens (tertiary/aromatic N) is 2. The molecule has 1 aromatic heterocycles. The van der Waals surface area contributed by atoms with Crippen LogP contribution in [0.1, 0.15) is 5.01 Å². The minimum Gasteiger partial charge on any atom is -0.481 e. The second-order valence-corrected chi connectivity index (χ2v) is 3.17. The second kappa shape index (κ2) is 4.13. The number of carboxylic acid groups (broad SMARTS) is 1. The van der Waals surface area contributed by atoms with Crippen molar-refractivity contribution >= 4 is 17.5 Å². The van der Waals surface area contributed by atoms with Crippen molar-refractivity contribution in [3.63, 3.8) is 0 Å². The van der Waals surface area contributed by atoms with Gasteiger partial charge in [-0.2, -0.15) is 4.37 Å². The van der Waals surface area contributed by atoms with Crippen molar-refractivity contribution in [2.45, 2.75) is 6.42 Å². The van der Waals surface area contributed by atoms with E-state index in [1.807, 2.05) is 0 Å². The van der Waals surface area contributed by atoms with Crippen LogP contribution in [0.5, 0.6) is 0 Å². The molecule has 0 bridgehead atoms. The van der Waals surface area contributed by atoms with Crippen LogP contribution in [0.15, 0.2) is 6.33 Å². The van der Waals surface area contributed by atoms with Gasteiger partial charge in [0.2, 0.25) is 0 Å². The first kappa shape index (κ1) is 9.08. The normalized spacial score (nSPS) is 12.8.